The third kappa shape index (κ3) is 8.89. The minimum absolute atomic E-state index is 0.109. The van der Waals surface area contributed by atoms with Crippen LogP contribution < -0.4 is 10.1 Å². The number of ketones is 1. The number of phenolic OH excluding ortho intramolecular Hbond substituents is 3. The van der Waals surface area contributed by atoms with Gasteiger partial charge in [-0.15, -0.1) is 0 Å². The lowest BCUT2D eigenvalue weighted by atomic mass is 9.78. The first kappa shape index (κ1) is 44.2. The lowest BCUT2D eigenvalue weighted by Gasteiger charge is -2.38. The number of nitrogens with zero attached hydrogens (tertiary/aromatic N) is 3. The van der Waals surface area contributed by atoms with Crippen molar-refractivity contribution in [2.45, 2.75) is 85.1 Å². The number of benzene rings is 2. The number of carbonyl (C=O) groups is 3. The second-order valence-corrected chi connectivity index (χ2v) is 16.1. The Bertz CT molecular complexity index is 1960. The molecule has 318 valence electrons. The summed E-state index contributed by atoms with van der Waals surface area (Å²) in [5.41, 5.74) is -0.520. The number of aromatic hydroxyl groups is 3. The molecule has 4 heterocycles. The number of amides is 1. The fourth-order valence-corrected chi connectivity index (χ4v) is 7.90. The maximum absolute atomic E-state index is 14.3. The molecule has 2 aromatic rings. The molecule has 0 saturated carbocycles. The maximum atomic E-state index is 14.3. The number of methoxy groups -OCH3 is 1. The van der Waals surface area contributed by atoms with E-state index in [9.17, 15) is 39.9 Å². The molecular weight excluding hydrogens is 752 g/mol. The predicted octanol–water partition coefficient (Wildman–Crippen LogP) is 4.11. The van der Waals surface area contributed by atoms with E-state index in [2.05, 4.69) is 15.3 Å². The Hall–Kier alpha value is -4.90. The molecule has 0 spiro atoms. The van der Waals surface area contributed by atoms with E-state index in [0.29, 0.717) is 13.1 Å². The number of piperazine rings is 1. The number of aliphatic hydroxyl groups excluding tert-OH is 2. The number of hydrazone groups is 1. The number of nitrogens with one attached hydrogen (secondary N) is 1. The van der Waals surface area contributed by atoms with E-state index >= 15 is 0 Å². The SMILES string of the molecule is CO[C@H]1/C=C/O[C@@]2(C)Oc3cc(O)c4c(O)c(c(/C=N/N5CCN(C)CC5)c(O)c4c3C2=O)NC(=O)C(C)C/C=C/C(C)[C@H](O)[C@@H](C)[C@@H](O)[C@@H](C)[C@H](OC(C)=O)[C@@H]1C. The molecule has 0 aromatic heterocycles. The third-order valence-corrected chi connectivity index (χ3v) is 11.7. The van der Waals surface area contributed by atoms with Gasteiger partial charge in [0.15, 0.2) is 5.75 Å². The normalized spacial score (nSPS) is 32.9. The summed E-state index contributed by atoms with van der Waals surface area (Å²) in [6.45, 7) is 13.8. The van der Waals surface area contributed by atoms with E-state index in [1.807, 2.05) is 7.05 Å². The summed E-state index contributed by atoms with van der Waals surface area (Å²) >= 11 is 0. The van der Waals surface area contributed by atoms with Crippen LogP contribution in [0.25, 0.3) is 10.8 Å². The Balaban J connectivity index is 1.65. The van der Waals surface area contributed by atoms with Gasteiger partial charge in [0.1, 0.15) is 23.4 Å². The van der Waals surface area contributed by atoms with Gasteiger partial charge in [-0.1, -0.05) is 46.8 Å². The lowest BCUT2D eigenvalue weighted by molar-refractivity contribution is -0.160. The molecule has 16 nitrogen and oxygen atoms in total. The average molecular weight is 811 g/mol. The molecule has 0 aliphatic carbocycles. The second-order valence-electron chi connectivity index (χ2n) is 16.1. The van der Waals surface area contributed by atoms with Crippen molar-refractivity contribution >= 4 is 40.3 Å². The summed E-state index contributed by atoms with van der Waals surface area (Å²) < 4.78 is 23.4. The van der Waals surface area contributed by atoms with Gasteiger partial charge in [-0.05, 0) is 19.5 Å². The van der Waals surface area contributed by atoms with Gasteiger partial charge < -0.3 is 54.7 Å². The molecule has 1 amide bonds. The van der Waals surface area contributed by atoms with Crippen LogP contribution in [0.1, 0.15) is 70.8 Å². The number of hydrogen-bond acceptors (Lipinski definition) is 15. The summed E-state index contributed by atoms with van der Waals surface area (Å²) in [4.78, 5) is 42.5. The first-order chi connectivity index (χ1) is 27.3. The smallest absolute Gasteiger partial charge is 0.312 e. The van der Waals surface area contributed by atoms with Crippen LogP contribution in [-0.4, -0.2) is 130 Å². The molecule has 16 heteroatoms. The monoisotopic (exact) mass is 810 g/mol. The number of anilines is 1. The van der Waals surface area contributed by atoms with Crippen LogP contribution in [-0.2, 0) is 23.8 Å². The highest BCUT2D eigenvalue weighted by atomic mass is 16.7. The Kier molecular flexibility index (Phi) is 13.7. The van der Waals surface area contributed by atoms with Crippen LogP contribution in [0.2, 0.25) is 0 Å². The molecule has 1 saturated heterocycles. The number of Topliss-reactive ketones (excluding diaryl/α,β-unsaturated/α-hetero) is 1. The van der Waals surface area contributed by atoms with Gasteiger partial charge in [-0.3, -0.25) is 19.4 Å². The Morgan fingerprint density at radius 1 is 0.966 bits per heavy atom. The molecule has 5 bridgehead atoms. The topological polar surface area (TPSA) is 220 Å². The van der Waals surface area contributed by atoms with Crippen LogP contribution in [0.15, 0.2) is 35.7 Å². The van der Waals surface area contributed by atoms with Crippen LogP contribution >= 0.6 is 0 Å². The molecule has 10 atom stereocenters. The van der Waals surface area contributed by atoms with E-state index in [-0.39, 0.29) is 39.8 Å². The lowest BCUT2D eigenvalue weighted by Crippen LogP contribution is -2.46. The summed E-state index contributed by atoms with van der Waals surface area (Å²) in [5.74, 6) is -8.81. The molecule has 58 heavy (non-hydrogen) atoms. The molecule has 2 unspecified atom stereocenters. The molecule has 1 fully saturated rings. The number of hydrogen-bond donors (Lipinski definition) is 6. The zero-order chi connectivity index (χ0) is 42.8. The van der Waals surface area contributed by atoms with E-state index in [1.54, 1.807) is 51.8 Å². The highest BCUT2D eigenvalue weighted by Crippen LogP contribution is 2.53. The molecule has 4 aliphatic rings. The maximum Gasteiger partial charge on any atom is 0.312 e. The zero-order valence-electron chi connectivity index (χ0n) is 34.6. The first-order valence-electron chi connectivity index (χ1n) is 19.7. The minimum atomic E-state index is -2.03. The van der Waals surface area contributed by atoms with Crippen molar-refractivity contribution in [2.24, 2.45) is 34.7 Å². The number of esters is 1. The van der Waals surface area contributed by atoms with Crippen molar-refractivity contribution in [2.75, 3.05) is 45.7 Å². The Morgan fingerprint density at radius 3 is 2.28 bits per heavy atom. The molecule has 6 rings (SSSR count). The molecule has 4 aliphatic heterocycles. The minimum Gasteiger partial charge on any atom is -0.507 e. The van der Waals surface area contributed by atoms with Crippen LogP contribution in [0.5, 0.6) is 23.0 Å². The van der Waals surface area contributed by atoms with E-state index in [1.165, 1.54) is 39.5 Å². The van der Waals surface area contributed by atoms with Gasteiger partial charge in [0.2, 0.25) is 5.91 Å². The number of rotatable bonds is 4. The number of likely N-dealkylation sites (N-methyl/N-ethyl adjacent to an activating group) is 1. The van der Waals surface area contributed by atoms with Gasteiger partial charge >= 0.3 is 11.8 Å². The van der Waals surface area contributed by atoms with E-state index < -0.39 is 94.7 Å². The molecule has 6 N–H and O–H groups in total. The Labute approximate surface area is 338 Å². The number of carbonyl (C=O) groups excluding carboxylic acids is 3. The van der Waals surface area contributed by atoms with Crippen molar-refractivity contribution in [3.05, 3.63) is 41.7 Å². The standard InChI is InChI=1S/C42H58N4O12/c1-21-11-10-12-22(2)41(54)44-34-27(20-43-46-16-14-45(8)15-17-46)37(51)33-31(38(34)52)28(48)19-30-32(33)40(53)42(7,58-30)56-18-13-29(55-9)23(3)39(57-26(6)47)25(5)36(50)24(4)35(21)49/h10-11,13,18-25,29,35-36,39,48-52H,12,14-17H2,1-9H3,(H,44,54)/b11-10+,18-13+,43-20+/t21?,22?,23-,24-,25-,29+,35+,36-,39-,42+/m1/s1. The van der Waals surface area contributed by atoms with Crippen molar-refractivity contribution in [3.8, 4) is 23.0 Å². The number of fused-ring (bicyclic) bond motifs is 15. The second kappa shape index (κ2) is 17.9. The summed E-state index contributed by atoms with van der Waals surface area (Å²) in [6.07, 6.45) is 3.88. The van der Waals surface area contributed by atoms with Gasteiger partial charge in [-0.2, -0.15) is 5.10 Å². The Morgan fingerprint density at radius 2 is 1.64 bits per heavy atom. The molecule has 0 radical (unpaired) electrons. The summed E-state index contributed by atoms with van der Waals surface area (Å²) in [5, 5.41) is 66.4. The van der Waals surface area contributed by atoms with E-state index in [0.717, 1.165) is 19.2 Å². The van der Waals surface area contributed by atoms with Gasteiger partial charge in [0.25, 0.3) is 5.78 Å². The largest absolute Gasteiger partial charge is 0.507 e. The third-order valence-electron chi connectivity index (χ3n) is 11.7. The summed E-state index contributed by atoms with van der Waals surface area (Å²) in [7, 11) is 3.43. The highest BCUT2D eigenvalue weighted by molar-refractivity contribution is 6.23. The predicted molar refractivity (Wildman–Crippen MR) is 216 cm³/mol. The number of ether oxygens (including phenoxy) is 4. The molecule has 2 aromatic carbocycles. The van der Waals surface area contributed by atoms with E-state index in [4.69, 9.17) is 18.9 Å². The van der Waals surface area contributed by atoms with Crippen LogP contribution in [0, 0.1) is 29.6 Å². The fraction of sp³-hybridized carbons (Fsp3) is 0.571. The number of allylic oxidation sites excluding steroid dienone is 1. The first-order valence-corrected chi connectivity index (χ1v) is 19.7. The van der Waals surface area contributed by atoms with Crippen molar-refractivity contribution in [1.29, 1.82) is 0 Å². The van der Waals surface area contributed by atoms with Crippen molar-refractivity contribution < 1.29 is 58.9 Å². The van der Waals surface area contributed by atoms with Crippen molar-refractivity contribution in [1.82, 2.24) is 9.91 Å². The average Bonchev–Trinajstić information content (AvgIpc) is 3.43. The molecular formula is C42H58N4O12. The van der Waals surface area contributed by atoms with Gasteiger partial charge in [-0.25, -0.2) is 0 Å². The van der Waals surface area contributed by atoms with Crippen LogP contribution in [0.4, 0.5) is 5.69 Å². The number of aliphatic hydroxyl groups is 2. The van der Waals surface area contributed by atoms with Gasteiger partial charge in [0.05, 0.1) is 53.0 Å². The summed E-state index contributed by atoms with van der Waals surface area (Å²) in [6, 6.07) is 1.12. The quantitative estimate of drug-likeness (QED) is 0.0842. The highest BCUT2D eigenvalue weighted by Gasteiger charge is 2.49. The number of phenols is 3. The fourth-order valence-electron chi connectivity index (χ4n) is 7.90. The van der Waals surface area contributed by atoms with Crippen LogP contribution in [0.3, 0.4) is 0 Å². The van der Waals surface area contributed by atoms with Gasteiger partial charge in [0, 0.05) is 88.2 Å². The van der Waals surface area contributed by atoms with Crippen molar-refractivity contribution in [3.63, 3.8) is 0 Å². The zero-order valence-corrected chi connectivity index (χ0v) is 34.6.